The van der Waals surface area contributed by atoms with Crippen molar-refractivity contribution in [1.82, 2.24) is 4.98 Å². The van der Waals surface area contributed by atoms with Crippen molar-refractivity contribution >= 4 is 69.6 Å². The summed E-state index contributed by atoms with van der Waals surface area (Å²) in [5.41, 5.74) is 2.66. The first-order chi connectivity index (χ1) is 12.3. The summed E-state index contributed by atoms with van der Waals surface area (Å²) in [5, 5.41) is 12.2. The van der Waals surface area contributed by atoms with E-state index in [1.54, 1.807) is 36.7 Å². The molecule has 2 nitrogen and oxygen atoms in total. The lowest BCUT2D eigenvalue weighted by atomic mass is 9.94. The second kappa shape index (κ2) is 8.12. The van der Waals surface area contributed by atoms with Crippen LogP contribution in [0, 0.1) is 0 Å². The van der Waals surface area contributed by atoms with Gasteiger partial charge in [0, 0.05) is 44.7 Å². The molecule has 26 heavy (non-hydrogen) atoms. The van der Waals surface area contributed by atoms with Gasteiger partial charge in [-0.15, -0.1) is 0 Å². The van der Waals surface area contributed by atoms with Gasteiger partial charge in [0.1, 0.15) is 0 Å². The van der Waals surface area contributed by atoms with Gasteiger partial charge in [-0.25, -0.2) is 0 Å². The van der Waals surface area contributed by atoms with Crippen LogP contribution in [0.5, 0.6) is 0 Å². The molecule has 3 aromatic rings. The van der Waals surface area contributed by atoms with Gasteiger partial charge >= 0.3 is 0 Å². The molecule has 1 heterocycles. The molecule has 0 fully saturated rings. The predicted octanol–water partition coefficient (Wildman–Crippen LogP) is 7.83. The number of aliphatic hydroxyl groups excluding tert-OH is 1. The van der Waals surface area contributed by atoms with Crippen molar-refractivity contribution in [3.63, 3.8) is 0 Å². The van der Waals surface area contributed by atoms with E-state index in [2.05, 4.69) is 4.98 Å². The van der Waals surface area contributed by atoms with Crippen LogP contribution < -0.4 is 0 Å². The summed E-state index contributed by atoms with van der Waals surface area (Å²) in [6.07, 6.45) is 3.13. The van der Waals surface area contributed by atoms with Crippen molar-refractivity contribution < 1.29 is 5.11 Å². The Labute approximate surface area is 180 Å². The van der Waals surface area contributed by atoms with E-state index in [1.807, 2.05) is 0 Å². The lowest BCUT2D eigenvalue weighted by Crippen LogP contribution is -1.98. The van der Waals surface area contributed by atoms with Crippen LogP contribution in [0.1, 0.15) is 5.56 Å². The average Bonchev–Trinajstić information content (AvgIpc) is 2.53. The van der Waals surface area contributed by atoms with E-state index in [0.717, 1.165) is 0 Å². The fraction of sp³-hybridized carbons (Fsp3) is 0.0556. The highest BCUT2D eigenvalue weighted by atomic mass is 35.5. The van der Waals surface area contributed by atoms with Crippen LogP contribution in [0.15, 0.2) is 36.7 Å². The second-order valence-corrected chi connectivity index (χ2v) is 7.86. The highest BCUT2D eigenvalue weighted by Gasteiger charge is 2.20. The Kier molecular flexibility index (Phi) is 6.25. The van der Waals surface area contributed by atoms with E-state index >= 15 is 0 Å². The van der Waals surface area contributed by atoms with Gasteiger partial charge in [-0.05, 0) is 29.8 Å². The molecule has 8 heteroatoms. The first kappa shape index (κ1) is 20.0. The number of halogens is 6. The Morgan fingerprint density at radius 3 is 1.31 bits per heavy atom. The van der Waals surface area contributed by atoms with Crippen molar-refractivity contribution in [3.05, 3.63) is 72.4 Å². The summed E-state index contributed by atoms with van der Waals surface area (Å²) in [7, 11) is 0. The molecule has 0 bridgehead atoms. The standard InChI is InChI=1S/C18H9Cl6NO/c19-8-1-13(21)17(14(22)2-8)10-5-25-6-11(12(10)7-26)18-15(23)3-9(20)4-16(18)24/h1-6,26H,7H2. The molecule has 0 aliphatic carbocycles. The number of pyridine rings is 1. The lowest BCUT2D eigenvalue weighted by molar-refractivity contribution is 0.283. The molecule has 0 atom stereocenters. The van der Waals surface area contributed by atoms with Crippen molar-refractivity contribution in [2.75, 3.05) is 0 Å². The Morgan fingerprint density at radius 2 is 1.00 bits per heavy atom. The largest absolute Gasteiger partial charge is 0.392 e. The van der Waals surface area contributed by atoms with Crippen LogP contribution in [0.25, 0.3) is 22.3 Å². The van der Waals surface area contributed by atoms with Crippen molar-refractivity contribution in [2.45, 2.75) is 6.61 Å². The minimum atomic E-state index is -0.308. The normalized spacial score (nSPS) is 11.0. The second-order valence-electron chi connectivity index (χ2n) is 5.36. The summed E-state index contributed by atoms with van der Waals surface area (Å²) in [4.78, 5) is 4.24. The zero-order valence-corrected chi connectivity index (χ0v) is 17.4. The molecule has 3 rings (SSSR count). The van der Waals surface area contributed by atoms with E-state index in [4.69, 9.17) is 69.6 Å². The molecule has 2 aromatic carbocycles. The van der Waals surface area contributed by atoms with Crippen molar-refractivity contribution in [3.8, 4) is 22.3 Å². The number of nitrogens with zero attached hydrogens (tertiary/aromatic N) is 1. The number of benzene rings is 2. The minimum Gasteiger partial charge on any atom is -0.392 e. The molecule has 1 N–H and O–H groups in total. The highest BCUT2D eigenvalue weighted by Crippen LogP contribution is 2.44. The Hall–Kier alpha value is -0.710. The molecule has 0 amide bonds. The maximum Gasteiger partial charge on any atom is 0.0695 e. The first-order valence-electron chi connectivity index (χ1n) is 7.21. The molecule has 134 valence electrons. The van der Waals surface area contributed by atoms with Gasteiger partial charge in [-0.2, -0.15) is 0 Å². The number of rotatable bonds is 3. The summed E-state index contributed by atoms with van der Waals surface area (Å²) in [6.45, 7) is -0.308. The van der Waals surface area contributed by atoms with Crippen molar-refractivity contribution in [2.24, 2.45) is 0 Å². The number of hydrogen-bond acceptors (Lipinski definition) is 2. The summed E-state index contributed by atoms with van der Waals surface area (Å²) in [5.74, 6) is 0. The topological polar surface area (TPSA) is 33.1 Å². The van der Waals surface area contributed by atoms with Crippen LogP contribution in [0.2, 0.25) is 30.1 Å². The van der Waals surface area contributed by atoms with Crippen molar-refractivity contribution in [1.29, 1.82) is 0 Å². The zero-order valence-electron chi connectivity index (χ0n) is 12.8. The van der Waals surface area contributed by atoms with E-state index in [0.29, 0.717) is 58.0 Å². The zero-order chi connectivity index (χ0) is 19.0. The summed E-state index contributed by atoms with van der Waals surface area (Å²) >= 11 is 37.3. The average molecular weight is 468 g/mol. The number of aromatic nitrogens is 1. The highest BCUT2D eigenvalue weighted by molar-refractivity contribution is 6.43. The monoisotopic (exact) mass is 465 g/mol. The van der Waals surface area contributed by atoms with E-state index in [1.165, 1.54) is 0 Å². The molecular formula is C18H9Cl6NO. The van der Waals surface area contributed by atoms with Crippen LogP contribution in [-0.4, -0.2) is 10.1 Å². The SMILES string of the molecule is OCc1c(-c2c(Cl)cc(Cl)cc2Cl)cncc1-c1c(Cl)cc(Cl)cc1Cl. The molecule has 0 saturated heterocycles. The van der Waals surface area contributed by atoms with Gasteiger partial charge < -0.3 is 5.11 Å². The fourth-order valence-electron chi connectivity index (χ4n) is 2.69. The van der Waals surface area contributed by atoms with E-state index in [-0.39, 0.29) is 6.61 Å². The Morgan fingerprint density at radius 1 is 0.654 bits per heavy atom. The molecule has 0 unspecified atom stereocenters. The minimum absolute atomic E-state index is 0.308. The van der Waals surface area contributed by atoms with Gasteiger partial charge in [0.15, 0.2) is 0 Å². The number of aliphatic hydroxyl groups is 1. The lowest BCUT2D eigenvalue weighted by Gasteiger charge is -2.17. The summed E-state index contributed by atoms with van der Waals surface area (Å²) < 4.78 is 0. The molecular weight excluding hydrogens is 459 g/mol. The molecule has 0 radical (unpaired) electrons. The van der Waals surface area contributed by atoms with Crippen LogP contribution in [0.3, 0.4) is 0 Å². The molecule has 0 spiro atoms. The van der Waals surface area contributed by atoms with Crippen LogP contribution in [-0.2, 0) is 6.61 Å². The third kappa shape index (κ3) is 3.79. The van der Waals surface area contributed by atoms with Gasteiger partial charge in [0.2, 0.25) is 0 Å². The van der Waals surface area contributed by atoms with Crippen LogP contribution >= 0.6 is 69.6 Å². The number of hydrogen-bond donors (Lipinski definition) is 1. The molecule has 0 saturated carbocycles. The molecule has 0 aliphatic rings. The summed E-state index contributed by atoms with van der Waals surface area (Å²) in [6, 6.07) is 6.28. The third-order valence-corrected chi connectivity index (χ3v) is 5.40. The first-order valence-corrected chi connectivity index (χ1v) is 9.47. The fourth-order valence-corrected chi connectivity index (χ4v) is 4.73. The smallest absolute Gasteiger partial charge is 0.0695 e. The molecule has 1 aromatic heterocycles. The van der Waals surface area contributed by atoms with Gasteiger partial charge in [0.25, 0.3) is 0 Å². The molecule has 0 aliphatic heterocycles. The Balaban J connectivity index is 2.32. The van der Waals surface area contributed by atoms with E-state index in [9.17, 15) is 5.11 Å². The maximum atomic E-state index is 10.0. The van der Waals surface area contributed by atoms with E-state index < -0.39 is 0 Å². The third-order valence-electron chi connectivity index (χ3n) is 3.77. The van der Waals surface area contributed by atoms with Gasteiger partial charge in [-0.1, -0.05) is 69.6 Å². The van der Waals surface area contributed by atoms with Gasteiger partial charge in [-0.3, -0.25) is 4.98 Å². The Bertz CT molecular complexity index is 883. The quantitative estimate of drug-likeness (QED) is 0.425. The maximum absolute atomic E-state index is 10.0. The van der Waals surface area contributed by atoms with Gasteiger partial charge in [0.05, 0.1) is 26.7 Å². The van der Waals surface area contributed by atoms with Crippen LogP contribution in [0.4, 0.5) is 0 Å². The predicted molar refractivity (Wildman–Crippen MR) is 111 cm³/mol.